The number of phosphoric acid groups is 1. The molecule has 3 unspecified atom stereocenters. The Labute approximate surface area is 506 Å². The molecule has 0 rings (SSSR count). The van der Waals surface area contributed by atoms with E-state index in [9.17, 15) is 19.4 Å². The summed E-state index contributed by atoms with van der Waals surface area (Å²) in [4.78, 5) is 23.4. The number of aliphatic hydroxyl groups is 1. The van der Waals surface area contributed by atoms with E-state index in [-0.39, 0.29) is 19.1 Å². The maximum Gasteiger partial charge on any atom is 0.472 e. The molecule has 0 aromatic carbocycles. The van der Waals surface area contributed by atoms with Crippen molar-refractivity contribution in [1.29, 1.82) is 0 Å². The molecule has 1 amide bonds. The number of quaternary nitrogens is 1. The molecule has 0 aliphatic carbocycles. The molecule has 0 saturated carbocycles. The Morgan fingerprint density at radius 1 is 0.407 bits per heavy atom. The van der Waals surface area contributed by atoms with Crippen molar-refractivity contribution in [2.24, 2.45) is 0 Å². The molecule has 8 nitrogen and oxygen atoms in total. The lowest BCUT2D eigenvalue weighted by Crippen LogP contribution is -2.45. The Balaban J connectivity index is 4.05. The van der Waals surface area contributed by atoms with Crippen LogP contribution < -0.4 is 5.32 Å². The van der Waals surface area contributed by atoms with Crippen LogP contribution in [0.4, 0.5) is 0 Å². The minimum absolute atomic E-state index is 0.0591. The molecule has 3 atom stereocenters. The zero-order valence-corrected chi connectivity index (χ0v) is 56.2. The lowest BCUT2D eigenvalue weighted by Gasteiger charge is -2.25. The first-order valence-electron chi connectivity index (χ1n) is 36.2. The second-order valence-electron chi connectivity index (χ2n) is 26.3. The molecule has 0 spiro atoms. The van der Waals surface area contributed by atoms with Gasteiger partial charge >= 0.3 is 7.82 Å². The molecular weight excluding hydrogens is 1020 g/mol. The van der Waals surface area contributed by atoms with Gasteiger partial charge in [-0.25, -0.2) is 4.57 Å². The summed E-state index contributed by atoms with van der Waals surface area (Å²) in [6.45, 7) is 4.87. The van der Waals surface area contributed by atoms with Crippen molar-refractivity contribution < 1.29 is 32.9 Å². The highest BCUT2D eigenvalue weighted by Crippen LogP contribution is 2.43. The highest BCUT2D eigenvalue weighted by Gasteiger charge is 2.28. The average molecular weight is 1160 g/mol. The molecule has 0 fully saturated rings. The van der Waals surface area contributed by atoms with Crippen molar-refractivity contribution in [1.82, 2.24) is 5.32 Å². The van der Waals surface area contributed by atoms with E-state index in [1.807, 2.05) is 27.2 Å². The Morgan fingerprint density at radius 2 is 0.679 bits per heavy atom. The van der Waals surface area contributed by atoms with Crippen molar-refractivity contribution in [2.45, 2.75) is 392 Å². The van der Waals surface area contributed by atoms with Gasteiger partial charge in [-0.2, -0.15) is 0 Å². The molecule has 0 radical (unpaired) electrons. The third kappa shape index (κ3) is 66.4. The SMILES string of the molecule is CCCCCCCCCCCCCCCCCCCCCCCCCCC/C=C/CC/C=C/C(O)C(COP(=O)(O)OCC[N+](C)(C)C)NC(=O)CCCCCCCCCCCCCCCCCCCCCCCCCCCCCC. The van der Waals surface area contributed by atoms with E-state index in [1.54, 1.807) is 6.08 Å². The fraction of sp³-hybridized carbons (Fsp3) is 0.931. The van der Waals surface area contributed by atoms with Crippen LogP contribution in [0.3, 0.4) is 0 Å². The first-order chi connectivity index (χ1) is 39.5. The van der Waals surface area contributed by atoms with E-state index in [4.69, 9.17) is 9.05 Å². The van der Waals surface area contributed by atoms with Crippen molar-refractivity contribution in [3.63, 3.8) is 0 Å². The summed E-state index contributed by atoms with van der Waals surface area (Å²) >= 11 is 0. The Hall–Kier alpha value is -1.02. The molecule has 0 aromatic heterocycles. The zero-order valence-electron chi connectivity index (χ0n) is 55.3. The monoisotopic (exact) mass is 1160 g/mol. The summed E-state index contributed by atoms with van der Waals surface area (Å²) in [5.74, 6) is -0.177. The Morgan fingerprint density at radius 3 is 0.988 bits per heavy atom. The number of hydrogen-bond donors (Lipinski definition) is 3. The second kappa shape index (κ2) is 63.5. The summed E-state index contributed by atoms with van der Waals surface area (Å²) < 4.78 is 23.8. The van der Waals surface area contributed by atoms with Gasteiger partial charge in [-0.05, 0) is 32.1 Å². The van der Waals surface area contributed by atoms with E-state index in [2.05, 4.69) is 31.3 Å². The number of phosphoric ester groups is 1. The third-order valence-corrected chi connectivity index (χ3v) is 17.9. The molecule has 482 valence electrons. The first kappa shape index (κ1) is 80.0. The highest BCUT2D eigenvalue weighted by atomic mass is 31.2. The third-order valence-electron chi connectivity index (χ3n) is 16.9. The normalized spacial score (nSPS) is 13.7. The van der Waals surface area contributed by atoms with E-state index in [0.29, 0.717) is 17.4 Å². The molecule has 81 heavy (non-hydrogen) atoms. The number of amides is 1. The predicted octanol–water partition coefficient (Wildman–Crippen LogP) is 23.1. The van der Waals surface area contributed by atoms with Gasteiger partial charge in [0.25, 0.3) is 0 Å². The minimum Gasteiger partial charge on any atom is -0.387 e. The van der Waals surface area contributed by atoms with Crippen LogP contribution in [-0.4, -0.2) is 73.4 Å². The molecule has 0 aromatic rings. The zero-order chi connectivity index (χ0) is 59.1. The summed E-state index contributed by atoms with van der Waals surface area (Å²) in [7, 11) is 1.58. The Bertz CT molecular complexity index is 1370. The van der Waals surface area contributed by atoms with Crippen LogP contribution in [0.2, 0.25) is 0 Å². The molecule has 0 aliphatic heterocycles. The number of hydrogen-bond acceptors (Lipinski definition) is 5. The lowest BCUT2D eigenvalue weighted by atomic mass is 10.0. The smallest absolute Gasteiger partial charge is 0.387 e. The molecule has 9 heteroatoms. The standard InChI is InChI=1S/C72H143N2O6P/c1-6-8-10-12-14-16-18-20-22-24-26-28-30-32-34-36-37-38-39-41-43-45-47-49-51-53-55-57-59-61-63-65-71(75)70(69-80-81(77,78)79-68-67-74(3,4)5)73-72(76)66-64-62-60-58-56-54-52-50-48-46-44-42-40-35-33-31-29-27-25-23-21-19-17-15-13-11-9-7-2/h55,57,63,65,70-71,75H,6-54,56,58-62,64,66-69H2,1-5H3,(H-,73,76,77,78)/p+1/b57-55+,65-63+. The van der Waals surface area contributed by atoms with Gasteiger partial charge < -0.3 is 19.8 Å². The quantitative estimate of drug-likeness (QED) is 0.0243. The maximum absolute atomic E-state index is 13.1. The fourth-order valence-corrected chi connectivity index (χ4v) is 12.0. The van der Waals surface area contributed by atoms with Crippen LogP contribution in [0, 0.1) is 0 Å². The number of carbonyl (C=O) groups is 1. The van der Waals surface area contributed by atoms with Crippen molar-refractivity contribution in [3.05, 3.63) is 24.3 Å². The minimum atomic E-state index is -4.36. The van der Waals surface area contributed by atoms with Gasteiger partial charge in [0.2, 0.25) is 5.91 Å². The van der Waals surface area contributed by atoms with Gasteiger partial charge in [0.1, 0.15) is 13.2 Å². The molecule has 0 bridgehead atoms. The lowest BCUT2D eigenvalue weighted by molar-refractivity contribution is -0.870. The fourth-order valence-electron chi connectivity index (χ4n) is 11.3. The summed E-state index contributed by atoms with van der Waals surface area (Å²) in [6.07, 6.45) is 83.5. The van der Waals surface area contributed by atoms with Crippen molar-refractivity contribution >= 4 is 13.7 Å². The van der Waals surface area contributed by atoms with Crippen molar-refractivity contribution in [2.75, 3.05) is 40.9 Å². The predicted molar refractivity (Wildman–Crippen MR) is 355 cm³/mol. The number of carbonyl (C=O) groups excluding carboxylic acids is 1. The molecular formula is C72H144N2O6P+. The number of unbranched alkanes of at least 4 members (excludes halogenated alkanes) is 53. The van der Waals surface area contributed by atoms with Crippen LogP contribution in [0.15, 0.2) is 24.3 Å². The van der Waals surface area contributed by atoms with Gasteiger partial charge in [-0.1, -0.05) is 366 Å². The Kier molecular flexibility index (Phi) is 62.7. The van der Waals surface area contributed by atoms with E-state index in [0.717, 1.165) is 38.5 Å². The number of nitrogens with zero attached hydrogens (tertiary/aromatic N) is 1. The first-order valence-corrected chi connectivity index (χ1v) is 37.7. The van der Waals surface area contributed by atoms with Gasteiger partial charge in [-0.3, -0.25) is 13.8 Å². The number of allylic oxidation sites excluding steroid dienone is 3. The molecule has 3 N–H and O–H groups in total. The van der Waals surface area contributed by atoms with Gasteiger partial charge in [0.15, 0.2) is 0 Å². The van der Waals surface area contributed by atoms with Crippen LogP contribution in [0.1, 0.15) is 380 Å². The topological polar surface area (TPSA) is 105 Å². The average Bonchev–Trinajstić information content (AvgIpc) is 3.43. The number of likely N-dealkylation sites (N-methyl/N-ethyl adjacent to an activating group) is 1. The number of nitrogens with one attached hydrogen (secondary N) is 1. The van der Waals surface area contributed by atoms with Crippen molar-refractivity contribution in [3.8, 4) is 0 Å². The van der Waals surface area contributed by atoms with Gasteiger partial charge in [0, 0.05) is 6.42 Å². The largest absolute Gasteiger partial charge is 0.472 e. The molecule has 0 saturated heterocycles. The van der Waals surface area contributed by atoms with E-state index >= 15 is 0 Å². The van der Waals surface area contributed by atoms with E-state index < -0.39 is 20.0 Å². The van der Waals surface area contributed by atoms with Gasteiger partial charge in [0.05, 0.1) is 39.9 Å². The van der Waals surface area contributed by atoms with E-state index in [1.165, 1.54) is 321 Å². The maximum atomic E-state index is 13.1. The van der Waals surface area contributed by atoms with Crippen LogP contribution >= 0.6 is 7.82 Å². The second-order valence-corrected chi connectivity index (χ2v) is 27.8. The summed E-state index contributed by atoms with van der Waals surface area (Å²) in [6, 6.07) is -0.862. The van der Waals surface area contributed by atoms with Crippen LogP contribution in [0.25, 0.3) is 0 Å². The molecule has 0 aliphatic rings. The van der Waals surface area contributed by atoms with Crippen LogP contribution in [-0.2, 0) is 18.4 Å². The number of aliphatic hydroxyl groups excluding tert-OH is 1. The van der Waals surface area contributed by atoms with Crippen LogP contribution in [0.5, 0.6) is 0 Å². The summed E-state index contributed by atoms with van der Waals surface area (Å²) in [5, 5.41) is 14.0. The van der Waals surface area contributed by atoms with Gasteiger partial charge in [-0.15, -0.1) is 0 Å². The highest BCUT2D eigenvalue weighted by molar-refractivity contribution is 7.47. The number of rotatable bonds is 68. The molecule has 0 heterocycles. The summed E-state index contributed by atoms with van der Waals surface area (Å²) in [5.41, 5.74) is 0.